The van der Waals surface area contributed by atoms with Crippen LogP contribution in [-0.2, 0) is 0 Å². The van der Waals surface area contributed by atoms with Gasteiger partial charge in [-0.05, 0) is 42.8 Å². The van der Waals surface area contributed by atoms with Gasteiger partial charge >= 0.3 is 5.97 Å². The molecule has 7 heteroatoms. The number of hydrogen-bond donors (Lipinski definition) is 2. The first kappa shape index (κ1) is 19.0. The van der Waals surface area contributed by atoms with Gasteiger partial charge in [0, 0.05) is 27.4 Å². The zero-order valence-electron chi connectivity index (χ0n) is 14.3. The number of aromatic nitrogens is 1. The number of carboxylic acid groups (broad SMARTS) is 1. The number of ether oxygens (including phenoxy) is 1. The van der Waals surface area contributed by atoms with Crippen LogP contribution in [-0.4, -0.2) is 16.1 Å². The first-order valence-electron chi connectivity index (χ1n) is 8.06. The molecule has 0 spiro atoms. The number of nitrogens with zero attached hydrogens (tertiary/aromatic N) is 1. The Kier molecular flexibility index (Phi) is 5.54. The van der Waals surface area contributed by atoms with E-state index in [1.165, 1.54) is 6.07 Å². The van der Waals surface area contributed by atoms with E-state index in [1.54, 1.807) is 48.7 Å². The monoisotopic (exact) mass is 402 g/mol. The van der Waals surface area contributed by atoms with Gasteiger partial charge in [-0.2, -0.15) is 0 Å². The maximum Gasteiger partial charge on any atom is 0.335 e. The number of carboxylic acids is 1. The lowest BCUT2D eigenvalue weighted by molar-refractivity contribution is 0.0697. The number of pyridine rings is 1. The first-order valence-corrected chi connectivity index (χ1v) is 8.82. The predicted molar refractivity (Wildman–Crippen MR) is 107 cm³/mol. The number of carbonyl (C=O) groups is 1. The minimum atomic E-state index is -1.00. The van der Waals surface area contributed by atoms with Gasteiger partial charge < -0.3 is 15.6 Å². The van der Waals surface area contributed by atoms with Crippen molar-refractivity contribution in [2.75, 3.05) is 5.73 Å². The number of benzene rings is 2. The Bertz CT molecular complexity index is 988. The second kappa shape index (κ2) is 7.86. The van der Waals surface area contributed by atoms with Crippen molar-refractivity contribution in [3.63, 3.8) is 0 Å². The molecule has 1 aromatic heterocycles. The van der Waals surface area contributed by atoms with Gasteiger partial charge in [0.1, 0.15) is 6.10 Å². The van der Waals surface area contributed by atoms with Crippen LogP contribution in [0.2, 0.25) is 10.0 Å². The van der Waals surface area contributed by atoms with Crippen LogP contribution in [0.25, 0.3) is 11.1 Å². The third kappa shape index (κ3) is 4.15. The summed E-state index contributed by atoms with van der Waals surface area (Å²) in [4.78, 5) is 15.3. The molecular weight excluding hydrogens is 387 g/mol. The van der Waals surface area contributed by atoms with Crippen LogP contribution in [0.1, 0.15) is 28.9 Å². The van der Waals surface area contributed by atoms with Crippen molar-refractivity contribution >= 4 is 35.0 Å². The molecule has 1 unspecified atom stereocenters. The Labute approximate surface area is 166 Å². The third-order valence-corrected chi connectivity index (χ3v) is 4.69. The zero-order valence-corrected chi connectivity index (χ0v) is 15.8. The maximum atomic E-state index is 11.2. The molecule has 0 aliphatic rings. The van der Waals surface area contributed by atoms with Crippen LogP contribution in [0.5, 0.6) is 5.75 Å². The summed E-state index contributed by atoms with van der Waals surface area (Å²) >= 11 is 12.5. The fourth-order valence-electron chi connectivity index (χ4n) is 2.69. The Morgan fingerprint density at radius 2 is 1.78 bits per heavy atom. The second-order valence-corrected chi connectivity index (χ2v) is 6.70. The largest absolute Gasteiger partial charge is 0.482 e. The average molecular weight is 403 g/mol. The smallest absolute Gasteiger partial charge is 0.335 e. The molecule has 0 saturated heterocycles. The molecule has 0 amide bonds. The summed E-state index contributed by atoms with van der Waals surface area (Å²) in [5, 5.41) is 10.2. The van der Waals surface area contributed by atoms with Crippen molar-refractivity contribution in [3.8, 4) is 16.9 Å². The highest BCUT2D eigenvalue weighted by atomic mass is 35.5. The van der Waals surface area contributed by atoms with Crippen molar-refractivity contribution in [1.82, 2.24) is 4.98 Å². The molecule has 3 rings (SSSR count). The number of rotatable bonds is 5. The van der Waals surface area contributed by atoms with Crippen molar-refractivity contribution in [3.05, 3.63) is 75.9 Å². The van der Waals surface area contributed by atoms with Crippen LogP contribution in [0.15, 0.2) is 54.7 Å². The summed E-state index contributed by atoms with van der Waals surface area (Å²) in [5.74, 6) is -0.432. The summed E-state index contributed by atoms with van der Waals surface area (Å²) in [5.41, 5.74) is 8.16. The molecule has 5 nitrogen and oxygen atoms in total. The summed E-state index contributed by atoms with van der Waals surface area (Å²) < 4.78 is 5.96. The lowest BCUT2D eigenvalue weighted by Gasteiger charge is -2.19. The van der Waals surface area contributed by atoms with Gasteiger partial charge in [0.15, 0.2) is 11.6 Å². The predicted octanol–water partition coefficient (Wildman–Crippen LogP) is 5.48. The molecule has 3 N–H and O–H groups in total. The van der Waals surface area contributed by atoms with Crippen LogP contribution in [0.3, 0.4) is 0 Å². The molecule has 1 atom stereocenters. The molecule has 0 radical (unpaired) electrons. The minimum absolute atomic E-state index is 0.183. The van der Waals surface area contributed by atoms with Crippen molar-refractivity contribution in [2.24, 2.45) is 0 Å². The normalized spacial score (nSPS) is 11.8. The van der Waals surface area contributed by atoms with E-state index in [0.717, 1.165) is 0 Å². The topological polar surface area (TPSA) is 85.4 Å². The third-order valence-electron chi connectivity index (χ3n) is 4.03. The van der Waals surface area contributed by atoms with E-state index in [2.05, 4.69) is 4.98 Å². The van der Waals surface area contributed by atoms with Gasteiger partial charge in [-0.15, -0.1) is 0 Å². The van der Waals surface area contributed by atoms with Gasteiger partial charge in [0.25, 0.3) is 0 Å². The van der Waals surface area contributed by atoms with E-state index in [4.69, 9.17) is 38.8 Å². The summed E-state index contributed by atoms with van der Waals surface area (Å²) in [6.07, 6.45) is 1.10. The Balaban J connectivity index is 1.94. The van der Waals surface area contributed by atoms with Gasteiger partial charge in [0.2, 0.25) is 0 Å². The number of nitrogen functional groups attached to an aromatic ring is 1. The highest BCUT2D eigenvalue weighted by Crippen LogP contribution is 2.35. The summed E-state index contributed by atoms with van der Waals surface area (Å²) in [6.45, 7) is 1.81. The van der Waals surface area contributed by atoms with Crippen molar-refractivity contribution in [1.29, 1.82) is 0 Å². The van der Waals surface area contributed by atoms with Gasteiger partial charge in [-0.1, -0.05) is 41.4 Å². The molecule has 0 bridgehead atoms. The number of aromatic carboxylic acids is 1. The molecule has 0 fully saturated rings. The van der Waals surface area contributed by atoms with E-state index in [1.807, 2.05) is 6.92 Å². The Morgan fingerprint density at radius 1 is 1.11 bits per heavy atom. The van der Waals surface area contributed by atoms with E-state index in [0.29, 0.717) is 32.5 Å². The van der Waals surface area contributed by atoms with E-state index in [9.17, 15) is 4.79 Å². The summed E-state index contributed by atoms with van der Waals surface area (Å²) in [7, 11) is 0. The lowest BCUT2D eigenvalue weighted by atomic mass is 10.0. The Hall–Kier alpha value is -2.76. The molecular formula is C20H16Cl2N2O3. The number of anilines is 1. The number of halogens is 2. The highest BCUT2D eigenvalue weighted by Gasteiger charge is 2.17. The number of hydrogen-bond acceptors (Lipinski definition) is 4. The van der Waals surface area contributed by atoms with Gasteiger partial charge in [-0.25, -0.2) is 9.78 Å². The fraction of sp³-hybridized carbons (Fsp3) is 0.100. The van der Waals surface area contributed by atoms with Crippen molar-refractivity contribution in [2.45, 2.75) is 13.0 Å². The van der Waals surface area contributed by atoms with E-state index in [-0.39, 0.29) is 11.4 Å². The first-order chi connectivity index (χ1) is 12.9. The van der Waals surface area contributed by atoms with Crippen LogP contribution < -0.4 is 10.5 Å². The molecule has 0 aliphatic carbocycles. The van der Waals surface area contributed by atoms with E-state index >= 15 is 0 Å². The quantitative estimate of drug-likeness (QED) is 0.590. The van der Waals surface area contributed by atoms with Gasteiger partial charge in [-0.3, -0.25) is 0 Å². The van der Waals surface area contributed by atoms with Crippen LogP contribution in [0, 0.1) is 0 Å². The standard InChI is InChI=1S/C20H16Cl2N2O3/c1-11(18-15(21)6-3-7-16(18)22)27-17-9-14(10-24-19(17)23)12-4-2-5-13(8-12)20(25)26/h2-11H,1H3,(H2,23,24)(H,25,26). The SMILES string of the molecule is CC(Oc1cc(-c2cccc(C(=O)O)c2)cnc1N)c1c(Cl)cccc1Cl. The lowest BCUT2D eigenvalue weighted by Crippen LogP contribution is -2.07. The van der Waals surface area contributed by atoms with Gasteiger partial charge in [0.05, 0.1) is 5.56 Å². The van der Waals surface area contributed by atoms with Crippen molar-refractivity contribution < 1.29 is 14.6 Å². The van der Waals surface area contributed by atoms with Crippen LogP contribution >= 0.6 is 23.2 Å². The molecule has 3 aromatic rings. The second-order valence-electron chi connectivity index (χ2n) is 5.89. The molecule has 138 valence electrons. The molecule has 0 aliphatic heterocycles. The highest BCUT2D eigenvalue weighted by molar-refractivity contribution is 6.36. The fourth-order valence-corrected chi connectivity index (χ4v) is 3.39. The molecule has 0 saturated carbocycles. The summed E-state index contributed by atoms with van der Waals surface area (Å²) in [6, 6.07) is 13.5. The zero-order chi connectivity index (χ0) is 19.6. The molecule has 1 heterocycles. The molecule has 2 aromatic carbocycles. The Morgan fingerprint density at radius 3 is 2.44 bits per heavy atom. The van der Waals surface area contributed by atoms with Crippen LogP contribution in [0.4, 0.5) is 5.82 Å². The maximum absolute atomic E-state index is 11.2. The van der Waals surface area contributed by atoms with E-state index < -0.39 is 12.1 Å². The molecule has 27 heavy (non-hydrogen) atoms. The number of nitrogens with two attached hydrogens (primary N) is 1. The minimum Gasteiger partial charge on any atom is -0.482 e. The average Bonchev–Trinajstić information content (AvgIpc) is 2.63.